The Morgan fingerprint density at radius 1 is 1.41 bits per heavy atom. The van der Waals surface area contributed by atoms with Crippen LogP contribution in [0.25, 0.3) is 0 Å². The van der Waals surface area contributed by atoms with Gasteiger partial charge in [-0.2, -0.15) is 0 Å². The van der Waals surface area contributed by atoms with E-state index in [-0.39, 0.29) is 12.1 Å². The SMILES string of the molecule is Cc1ccc(C(C(C)N)N2CC3CCC2C3)o1. The number of piperidine rings is 1. The molecule has 1 aromatic rings. The number of nitrogens with zero attached hydrogens (tertiary/aromatic N) is 1. The number of fused-ring (bicyclic) bond motifs is 2. The molecule has 94 valence electrons. The van der Waals surface area contributed by atoms with E-state index in [0.717, 1.165) is 23.5 Å². The van der Waals surface area contributed by atoms with Gasteiger partial charge in [-0.25, -0.2) is 0 Å². The molecule has 0 amide bonds. The molecule has 0 aromatic carbocycles. The fourth-order valence-electron chi connectivity index (χ4n) is 3.64. The molecule has 3 heteroatoms. The van der Waals surface area contributed by atoms with Gasteiger partial charge in [0, 0.05) is 18.6 Å². The minimum atomic E-state index is 0.125. The second-order valence-electron chi connectivity index (χ2n) is 5.78. The smallest absolute Gasteiger partial charge is 0.122 e. The van der Waals surface area contributed by atoms with E-state index in [0.29, 0.717) is 0 Å². The van der Waals surface area contributed by atoms with Gasteiger partial charge >= 0.3 is 0 Å². The second-order valence-corrected chi connectivity index (χ2v) is 5.78. The molecule has 2 fully saturated rings. The molecule has 3 nitrogen and oxygen atoms in total. The Kier molecular flexibility index (Phi) is 2.75. The third-order valence-corrected chi connectivity index (χ3v) is 4.36. The van der Waals surface area contributed by atoms with Crippen LogP contribution < -0.4 is 5.73 Å². The van der Waals surface area contributed by atoms with E-state index >= 15 is 0 Å². The first-order valence-corrected chi connectivity index (χ1v) is 6.73. The molecule has 1 saturated heterocycles. The lowest BCUT2D eigenvalue weighted by molar-refractivity contribution is 0.115. The van der Waals surface area contributed by atoms with E-state index < -0.39 is 0 Å². The molecule has 2 bridgehead atoms. The monoisotopic (exact) mass is 234 g/mol. The standard InChI is InChI=1S/C14H22N2O/c1-9-3-6-13(17-9)14(10(2)15)16-8-11-4-5-12(16)7-11/h3,6,10-12,14H,4-5,7-8,15H2,1-2H3. The number of hydrogen-bond acceptors (Lipinski definition) is 3. The van der Waals surface area contributed by atoms with Gasteiger partial charge < -0.3 is 10.2 Å². The summed E-state index contributed by atoms with van der Waals surface area (Å²) in [5, 5.41) is 0. The lowest BCUT2D eigenvalue weighted by atomic mass is 10.0. The zero-order chi connectivity index (χ0) is 12.0. The zero-order valence-electron chi connectivity index (χ0n) is 10.7. The largest absolute Gasteiger partial charge is 0.465 e. The number of nitrogens with two attached hydrogens (primary N) is 1. The molecule has 0 radical (unpaired) electrons. The summed E-state index contributed by atoms with van der Waals surface area (Å²) < 4.78 is 5.81. The summed E-state index contributed by atoms with van der Waals surface area (Å²) in [4.78, 5) is 2.58. The molecule has 2 heterocycles. The van der Waals surface area contributed by atoms with Crippen molar-refractivity contribution >= 4 is 0 Å². The molecular formula is C14H22N2O. The average Bonchev–Trinajstić information content (AvgIpc) is 2.94. The highest BCUT2D eigenvalue weighted by Gasteiger charge is 2.43. The third-order valence-electron chi connectivity index (χ3n) is 4.36. The molecule has 0 spiro atoms. The molecule has 2 aliphatic rings. The van der Waals surface area contributed by atoms with Crippen LogP contribution in [0.15, 0.2) is 16.5 Å². The lowest BCUT2D eigenvalue weighted by Crippen LogP contribution is -2.43. The Morgan fingerprint density at radius 2 is 2.24 bits per heavy atom. The average molecular weight is 234 g/mol. The van der Waals surface area contributed by atoms with E-state index in [1.54, 1.807) is 0 Å². The van der Waals surface area contributed by atoms with Crippen molar-refractivity contribution in [1.82, 2.24) is 4.90 Å². The maximum absolute atomic E-state index is 6.19. The first-order valence-electron chi connectivity index (χ1n) is 6.73. The molecule has 1 saturated carbocycles. The Hall–Kier alpha value is -0.800. The van der Waals surface area contributed by atoms with Gasteiger partial charge in [0.25, 0.3) is 0 Å². The van der Waals surface area contributed by atoms with Crippen molar-refractivity contribution in [3.8, 4) is 0 Å². The van der Waals surface area contributed by atoms with Crippen LogP contribution in [0.2, 0.25) is 0 Å². The van der Waals surface area contributed by atoms with Crippen molar-refractivity contribution in [1.29, 1.82) is 0 Å². The fraction of sp³-hybridized carbons (Fsp3) is 0.714. The van der Waals surface area contributed by atoms with Crippen molar-refractivity contribution in [3.63, 3.8) is 0 Å². The Labute approximate surface area is 103 Å². The topological polar surface area (TPSA) is 42.4 Å². The Bertz CT molecular complexity index is 399. The summed E-state index contributed by atoms with van der Waals surface area (Å²) in [7, 11) is 0. The van der Waals surface area contributed by atoms with Gasteiger partial charge in [-0.1, -0.05) is 0 Å². The minimum absolute atomic E-state index is 0.125. The molecular weight excluding hydrogens is 212 g/mol. The molecule has 4 atom stereocenters. The van der Waals surface area contributed by atoms with Crippen molar-refractivity contribution in [3.05, 3.63) is 23.7 Å². The van der Waals surface area contributed by atoms with Gasteiger partial charge in [-0.05, 0) is 51.2 Å². The van der Waals surface area contributed by atoms with Gasteiger partial charge in [0.15, 0.2) is 0 Å². The number of likely N-dealkylation sites (tertiary alicyclic amines) is 1. The summed E-state index contributed by atoms with van der Waals surface area (Å²) in [5.41, 5.74) is 6.19. The van der Waals surface area contributed by atoms with Crippen LogP contribution in [-0.2, 0) is 0 Å². The highest BCUT2D eigenvalue weighted by Crippen LogP contribution is 2.42. The van der Waals surface area contributed by atoms with Crippen molar-refractivity contribution in [2.45, 2.75) is 51.2 Å². The third kappa shape index (κ3) is 1.91. The lowest BCUT2D eigenvalue weighted by Gasteiger charge is -2.35. The van der Waals surface area contributed by atoms with E-state index in [1.807, 2.05) is 13.0 Å². The number of hydrogen-bond donors (Lipinski definition) is 1. The molecule has 17 heavy (non-hydrogen) atoms. The number of aryl methyl sites for hydroxylation is 1. The molecule has 2 N–H and O–H groups in total. The summed E-state index contributed by atoms with van der Waals surface area (Å²) in [6.45, 7) is 5.29. The quantitative estimate of drug-likeness (QED) is 0.873. The zero-order valence-corrected chi connectivity index (χ0v) is 10.7. The maximum atomic E-state index is 6.19. The molecule has 3 rings (SSSR count). The molecule has 1 aliphatic heterocycles. The van der Waals surface area contributed by atoms with Crippen molar-refractivity contribution < 1.29 is 4.42 Å². The predicted octanol–water partition coefficient (Wildman–Crippen LogP) is 2.46. The van der Waals surface area contributed by atoms with E-state index in [9.17, 15) is 0 Å². The van der Waals surface area contributed by atoms with E-state index in [4.69, 9.17) is 10.2 Å². The van der Waals surface area contributed by atoms with Crippen LogP contribution in [-0.4, -0.2) is 23.5 Å². The number of furan rings is 1. The first kappa shape index (κ1) is 11.3. The van der Waals surface area contributed by atoms with Crippen LogP contribution in [0.5, 0.6) is 0 Å². The summed E-state index contributed by atoms with van der Waals surface area (Å²) >= 11 is 0. The summed E-state index contributed by atoms with van der Waals surface area (Å²) in [5.74, 6) is 2.93. The van der Waals surface area contributed by atoms with Crippen LogP contribution in [0, 0.1) is 12.8 Å². The van der Waals surface area contributed by atoms with Crippen molar-refractivity contribution in [2.75, 3.05) is 6.54 Å². The van der Waals surface area contributed by atoms with Crippen molar-refractivity contribution in [2.24, 2.45) is 11.7 Å². The number of rotatable bonds is 3. The fourth-order valence-corrected chi connectivity index (χ4v) is 3.64. The summed E-state index contributed by atoms with van der Waals surface area (Å²) in [6, 6.07) is 5.26. The Balaban J connectivity index is 1.86. The summed E-state index contributed by atoms with van der Waals surface area (Å²) in [6.07, 6.45) is 4.11. The van der Waals surface area contributed by atoms with Crippen LogP contribution in [0.4, 0.5) is 0 Å². The van der Waals surface area contributed by atoms with Crippen LogP contribution in [0.1, 0.15) is 43.7 Å². The highest BCUT2D eigenvalue weighted by molar-refractivity contribution is 5.13. The normalized spacial score (nSPS) is 31.9. The minimum Gasteiger partial charge on any atom is -0.465 e. The second kappa shape index (κ2) is 4.14. The highest BCUT2D eigenvalue weighted by atomic mass is 16.3. The van der Waals surface area contributed by atoms with Gasteiger partial charge in [0.05, 0.1) is 6.04 Å². The van der Waals surface area contributed by atoms with Gasteiger partial charge in [-0.15, -0.1) is 0 Å². The van der Waals surface area contributed by atoms with E-state index in [1.165, 1.54) is 25.8 Å². The molecule has 1 aliphatic carbocycles. The molecule has 1 aromatic heterocycles. The van der Waals surface area contributed by atoms with Gasteiger partial charge in [0.2, 0.25) is 0 Å². The maximum Gasteiger partial charge on any atom is 0.122 e. The molecule has 4 unspecified atom stereocenters. The first-order chi connectivity index (χ1) is 8.15. The van der Waals surface area contributed by atoms with Gasteiger partial charge in [0.1, 0.15) is 11.5 Å². The van der Waals surface area contributed by atoms with Crippen LogP contribution >= 0.6 is 0 Å². The Morgan fingerprint density at radius 3 is 2.71 bits per heavy atom. The van der Waals surface area contributed by atoms with Crippen LogP contribution in [0.3, 0.4) is 0 Å². The van der Waals surface area contributed by atoms with Gasteiger partial charge in [-0.3, -0.25) is 4.90 Å². The van der Waals surface area contributed by atoms with E-state index in [2.05, 4.69) is 17.9 Å². The predicted molar refractivity (Wildman–Crippen MR) is 67.7 cm³/mol.